The quantitative estimate of drug-likeness (QED) is 0.615. The van der Waals surface area contributed by atoms with Gasteiger partial charge in [-0.25, -0.2) is 9.50 Å². The summed E-state index contributed by atoms with van der Waals surface area (Å²) in [6, 6.07) is 7.15. The predicted octanol–water partition coefficient (Wildman–Crippen LogP) is 3.27. The number of carbonyl (C=O) groups excluding carboxylic acids is 2. The molecule has 0 aliphatic carbocycles. The first kappa shape index (κ1) is 21.3. The number of nitrogens with one attached hydrogen (secondary N) is 1. The first-order chi connectivity index (χ1) is 15.0. The molecule has 4 rings (SSSR count). The maximum atomic E-state index is 12.8. The van der Waals surface area contributed by atoms with Crippen molar-refractivity contribution in [3.8, 4) is 0 Å². The number of thioether (sulfide) groups is 1. The van der Waals surface area contributed by atoms with Gasteiger partial charge in [-0.1, -0.05) is 17.8 Å². The summed E-state index contributed by atoms with van der Waals surface area (Å²) in [5.74, 6) is 0.389. The second-order valence-corrected chi connectivity index (χ2v) is 8.50. The van der Waals surface area contributed by atoms with Crippen molar-refractivity contribution in [1.82, 2.24) is 24.5 Å². The summed E-state index contributed by atoms with van der Waals surface area (Å²) in [6.07, 6.45) is 5.34. The van der Waals surface area contributed by atoms with Crippen LogP contribution in [0.5, 0.6) is 0 Å². The van der Waals surface area contributed by atoms with E-state index in [9.17, 15) is 9.59 Å². The summed E-state index contributed by atoms with van der Waals surface area (Å²) in [4.78, 5) is 36.3. The molecule has 1 aliphatic heterocycles. The number of hydrogen-bond acceptors (Lipinski definition) is 6. The van der Waals surface area contributed by atoms with E-state index in [-0.39, 0.29) is 18.2 Å². The van der Waals surface area contributed by atoms with Gasteiger partial charge in [0.05, 0.1) is 6.42 Å². The van der Waals surface area contributed by atoms with Crippen LogP contribution in [0.2, 0.25) is 0 Å². The van der Waals surface area contributed by atoms with Crippen molar-refractivity contribution in [1.29, 1.82) is 0 Å². The number of piperidine rings is 1. The van der Waals surface area contributed by atoms with Gasteiger partial charge >= 0.3 is 0 Å². The van der Waals surface area contributed by atoms with E-state index in [4.69, 9.17) is 0 Å². The van der Waals surface area contributed by atoms with Gasteiger partial charge in [0.25, 0.3) is 11.7 Å². The average Bonchev–Trinajstić information content (AvgIpc) is 3.20. The number of hydrogen-bond donors (Lipinski definition) is 1. The van der Waals surface area contributed by atoms with Crippen molar-refractivity contribution < 1.29 is 9.59 Å². The molecule has 0 saturated carbocycles. The van der Waals surface area contributed by atoms with E-state index in [1.807, 2.05) is 25.0 Å². The number of carbonyl (C=O) groups is 2. The zero-order valence-electron chi connectivity index (χ0n) is 18.0. The second-order valence-electron chi connectivity index (χ2n) is 7.73. The van der Waals surface area contributed by atoms with Gasteiger partial charge in [0.1, 0.15) is 0 Å². The molecule has 1 aromatic carbocycles. The lowest BCUT2D eigenvalue weighted by Gasteiger charge is -2.26. The zero-order chi connectivity index (χ0) is 22.0. The van der Waals surface area contributed by atoms with Crippen molar-refractivity contribution in [3.05, 3.63) is 46.8 Å². The summed E-state index contributed by atoms with van der Waals surface area (Å²) in [5, 5.41) is 8.00. The second kappa shape index (κ2) is 9.05. The highest BCUT2D eigenvalue weighted by atomic mass is 32.2. The molecular weight excluding hydrogens is 412 g/mol. The van der Waals surface area contributed by atoms with Crippen LogP contribution in [-0.2, 0) is 11.2 Å². The molecule has 2 aromatic heterocycles. The molecule has 3 heterocycles. The number of aromatic nitrogens is 4. The summed E-state index contributed by atoms with van der Waals surface area (Å²) >= 11 is 1.45. The van der Waals surface area contributed by atoms with E-state index in [1.165, 1.54) is 18.2 Å². The Morgan fingerprint density at radius 2 is 1.90 bits per heavy atom. The summed E-state index contributed by atoms with van der Waals surface area (Å²) in [6.45, 7) is 5.38. The number of anilines is 1. The first-order valence-corrected chi connectivity index (χ1v) is 11.6. The van der Waals surface area contributed by atoms with Gasteiger partial charge in [-0.2, -0.15) is 4.98 Å². The molecule has 1 aliphatic rings. The van der Waals surface area contributed by atoms with Crippen LogP contribution in [0.25, 0.3) is 5.78 Å². The third kappa shape index (κ3) is 4.56. The molecular formula is C22H26N6O2S. The highest BCUT2D eigenvalue weighted by Crippen LogP contribution is 2.19. The standard InChI is InChI=1S/C22H26N6O2S/c1-14-18(15(2)28-21(23-14)25-22(26-28)31-3)13-19(29)24-17-9-7-8-16(12-17)20(30)27-10-5-4-6-11-27/h7-9,12H,4-6,10-11,13H2,1-3H3,(H,24,29). The monoisotopic (exact) mass is 438 g/mol. The van der Waals surface area contributed by atoms with Crippen molar-refractivity contribution >= 4 is 35.0 Å². The van der Waals surface area contributed by atoms with Crippen LogP contribution in [0.15, 0.2) is 29.4 Å². The van der Waals surface area contributed by atoms with Gasteiger partial charge in [-0.15, -0.1) is 5.10 Å². The molecule has 0 unspecified atom stereocenters. The largest absolute Gasteiger partial charge is 0.339 e. The van der Waals surface area contributed by atoms with E-state index in [1.54, 1.807) is 28.8 Å². The number of aryl methyl sites for hydroxylation is 2. The minimum Gasteiger partial charge on any atom is -0.339 e. The molecule has 0 spiro atoms. The van der Waals surface area contributed by atoms with Crippen LogP contribution >= 0.6 is 11.8 Å². The Morgan fingerprint density at radius 3 is 2.65 bits per heavy atom. The van der Waals surface area contributed by atoms with Crippen LogP contribution in [0.3, 0.4) is 0 Å². The van der Waals surface area contributed by atoms with E-state index >= 15 is 0 Å². The lowest BCUT2D eigenvalue weighted by molar-refractivity contribution is -0.115. The Labute approximate surface area is 185 Å². The van der Waals surface area contributed by atoms with Gasteiger partial charge in [-0.3, -0.25) is 9.59 Å². The van der Waals surface area contributed by atoms with Crippen LogP contribution < -0.4 is 5.32 Å². The van der Waals surface area contributed by atoms with Crippen molar-refractivity contribution in [2.24, 2.45) is 0 Å². The average molecular weight is 439 g/mol. The maximum absolute atomic E-state index is 12.8. The Bertz CT molecular complexity index is 1140. The van der Waals surface area contributed by atoms with E-state index in [0.29, 0.717) is 22.2 Å². The fourth-order valence-electron chi connectivity index (χ4n) is 3.91. The van der Waals surface area contributed by atoms with Crippen LogP contribution in [-0.4, -0.2) is 55.6 Å². The Hall–Kier alpha value is -2.94. The fraction of sp³-hybridized carbons (Fsp3) is 0.409. The fourth-order valence-corrected chi connectivity index (χ4v) is 4.24. The van der Waals surface area contributed by atoms with Gasteiger partial charge in [0.15, 0.2) is 0 Å². The number of rotatable bonds is 5. The minimum atomic E-state index is -0.167. The molecule has 0 bridgehead atoms. The molecule has 31 heavy (non-hydrogen) atoms. The molecule has 1 saturated heterocycles. The van der Waals surface area contributed by atoms with Crippen molar-refractivity contribution in [3.63, 3.8) is 0 Å². The van der Waals surface area contributed by atoms with E-state index in [2.05, 4.69) is 20.4 Å². The maximum Gasteiger partial charge on any atom is 0.253 e. The lowest BCUT2D eigenvalue weighted by Crippen LogP contribution is -2.35. The minimum absolute atomic E-state index is 0.0212. The van der Waals surface area contributed by atoms with Gasteiger partial charge in [0.2, 0.25) is 11.1 Å². The SMILES string of the molecule is CSc1nc2nc(C)c(CC(=O)Nc3cccc(C(=O)N4CCCCC4)c3)c(C)n2n1. The van der Waals surface area contributed by atoms with Gasteiger partial charge in [0, 0.05) is 41.3 Å². The van der Waals surface area contributed by atoms with Crippen LogP contribution in [0.4, 0.5) is 5.69 Å². The summed E-state index contributed by atoms with van der Waals surface area (Å²) in [7, 11) is 0. The summed E-state index contributed by atoms with van der Waals surface area (Å²) in [5.41, 5.74) is 3.64. The lowest BCUT2D eigenvalue weighted by atomic mass is 10.1. The third-order valence-corrected chi connectivity index (χ3v) is 6.12. The van der Waals surface area contributed by atoms with Crippen LogP contribution in [0, 0.1) is 13.8 Å². The highest BCUT2D eigenvalue weighted by molar-refractivity contribution is 7.98. The number of amides is 2. The van der Waals surface area contributed by atoms with Gasteiger partial charge < -0.3 is 10.2 Å². The summed E-state index contributed by atoms with van der Waals surface area (Å²) < 4.78 is 1.68. The van der Waals surface area contributed by atoms with E-state index < -0.39 is 0 Å². The molecule has 2 amide bonds. The Kier molecular flexibility index (Phi) is 6.22. The number of benzene rings is 1. The third-order valence-electron chi connectivity index (χ3n) is 5.59. The molecule has 1 N–H and O–H groups in total. The molecule has 3 aromatic rings. The number of nitrogens with zero attached hydrogens (tertiary/aromatic N) is 5. The molecule has 8 nitrogen and oxygen atoms in total. The molecule has 162 valence electrons. The molecule has 0 atom stereocenters. The Morgan fingerprint density at radius 1 is 1.13 bits per heavy atom. The smallest absolute Gasteiger partial charge is 0.253 e. The molecule has 9 heteroatoms. The number of likely N-dealkylation sites (tertiary alicyclic amines) is 1. The number of fused-ring (bicyclic) bond motifs is 1. The predicted molar refractivity (Wildman–Crippen MR) is 121 cm³/mol. The molecule has 1 fully saturated rings. The molecule has 0 radical (unpaired) electrons. The first-order valence-electron chi connectivity index (χ1n) is 10.4. The topological polar surface area (TPSA) is 92.5 Å². The van der Waals surface area contributed by atoms with Gasteiger partial charge in [-0.05, 0) is 57.6 Å². The highest BCUT2D eigenvalue weighted by Gasteiger charge is 2.19. The normalized spacial score (nSPS) is 14.1. The zero-order valence-corrected chi connectivity index (χ0v) is 18.8. The van der Waals surface area contributed by atoms with Crippen molar-refractivity contribution in [2.75, 3.05) is 24.7 Å². The Balaban J connectivity index is 1.50. The van der Waals surface area contributed by atoms with Crippen molar-refractivity contribution in [2.45, 2.75) is 44.7 Å². The van der Waals surface area contributed by atoms with E-state index in [0.717, 1.165) is 42.9 Å². The van der Waals surface area contributed by atoms with Crippen LogP contribution in [0.1, 0.15) is 46.6 Å².